The summed E-state index contributed by atoms with van der Waals surface area (Å²) in [6, 6.07) is 23.8. The van der Waals surface area contributed by atoms with E-state index in [-0.39, 0.29) is 46.1 Å². The van der Waals surface area contributed by atoms with Crippen molar-refractivity contribution in [3.63, 3.8) is 0 Å². The number of aliphatic hydroxyl groups excluding tert-OH is 8. The molecule has 123 heavy (non-hydrogen) atoms. The normalized spacial score (nSPS) is 25.3. The summed E-state index contributed by atoms with van der Waals surface area (Å²) in [5.41, 5.74) is -2.00. The number of carbonyl (C=O) groups is 4. The van der Waals surface area contributed by atoms with Crippen molar-refractivity contribution in [2.45, 2.75) is 148 Å². The van der Waals surface area contributed by atoms with E-state index >= 15 is 0 Å². The number of aryl methyl sites for hydroxylation is 1. The highest BCUT2D eigenvalue weighted by atomic mass is 32.2. The molecular weight excluding hydrogens is 1680 g/mol. The Bertz CT molecular complexity index is 5400. The molecular formula is C76H77F8N13O25S. The molecule has 4 fully saturated rings. The largest absolute Gasteiger partial charge is 0.492 e. The number of rotatable bonds is 16. The first-order chi connectivity index (χ1) is 58.3. The highest BCUT2D eigenvalue weighted by Gasteiger charge is 2.63. The first-order valence-electron chi connectivity index (χ1n) is 37.4. The van der Waals surface area contributed by atoms with Crippen molar-refractivity contribution in [1.29, 1.82) is 0 Å². The average Bonchev–Trinajstić information content (AvgIpc) is 1.62. The number of benzene rings is 4. The second-order valence-electron chi connectivity index (χ2n) is 29.1. The standard InChI is InChI=1S/C20H21F2N3O7.C19H20F2N4O5.C19H19F2N3O7.C18H17F2N3O6S/c1-19(2)9-30-11-4-3-10(7-12(11)32-19)16(28)23-14-5-6-25(18(29)24-14)17-20(21,22)15(27)13(8-26)31-17;20-19(21)15(27)13(9-26)30-17(19)25-7-5-14(24-18(25)29)23-16(28)11-3-4-12-10(8-11)2-1-6-22-12;1-9-8-29-11-3-2-10(6-12(11)30-9)16(27)22-14-4-5-24(18(28)23-14)17-19(20,21)15(26)13(7-25)31-17;19-18(20)14(25)11(8-24)29-16(18)23-4-3-13(22-17(23)27)21-15(26)9-1-2-12-10(7-9)28-5-6-30-12/h3-7,13,15,17,26-27H,8-9H2,1-2H3,(H,23,24,28,29);3-5,7-8,13,15,17,22,26-27H,1-2,6,9H2,(H,23,24,28,29);2-6,9,13,15,17,25-26H,7-8H2,1H3,(H,22,23,27,28);1-4,7,11,14,16,24-25H,5-6,8H2,(H,21,22,26,27)/t2*13-,15-,17?;9?,13-,15-,17?;11-,14-,16?/m1111/s1. The lowest BCUT2D eigenvalue weighted by Crippen LogP contribution is -2.41. The number of aromatic nitrogens is 8. The van der Waals surface area contributed by atoms with Crippen LogP contribution in [0.3, 0.4) is 0 Å². The van der Waals surface area contributed by atoms with Gasteiger partial charge in [0.15, 0.2) is 47.4 Å². The predicted octanol–water partition coefficient (Wildman–Crippen LogP) is 3.08. The SMILES string of the molecule is CC1(C)COc2ccc(C(=O)Nc3ccn(C4O[C@H](CO)[C@@H](O)C4(F)F)c(=O)n3)cc2O1.CC1COc2ccc(C(=O)Nc3ccn(C4O[C@H](CO)[C@@H](O)C4(F)F)c(=O)n3)cc2O1.O=C(Nc1ccn(C2O[C@H](CO)[C@@H](O)C2(F)F)c(=O)n1)c1ccc2c(c1)CCCN2.O=C(Nc1ccn(C2O[C@H](CO)[C@@H](O)C2(F)F)c(=O)n1)c1ccc2c(c1)OCCS2. The highest BCUT2D eigenvalue weighted by Crippen LogP contribution is 2.47. The molecule has 4 aromatic carbocycles. The van der Waals surface area contributed by atoms with Crippen molar-refractivity contribution in [3.05, 3.63) is 192 Å². The van der Waals surface area contributed by atoms with Crippen LogP contribution in [0.25, 0.3) is 0 Å². The Morgan fingerprint density at radius 3 is 1.21 bits per heavy atom. The van der Waals surface area contributed by atoms with E-state index in [0.717, 1.165) is 84.3 Å². The van der Waals surface area contributed by atoms with Crippen LogP contribution in [-0.4, -0.2) is 245 Å². The molecule has 0 bridgehead atoms. The lowest BCUT2D eigenvalue weighted by Gasteiger charge is -2.32. The molecule has 4 saturated heterocycles. The van der Waals surface area contributed by atoms with Gasteiger partial charge in [-0.25, -0.2) is 19.2 Å². The highest BCUT2D eigenvalue weighted by molar-refractivity contribution is 7.99. The van der Waals surface area contributed by atoms with E-state index < -0.39 is 176 Å². The van der Waals surface area contributed by atoms with Gasteiger partial charge in [-0.05, 0) is 136 Å². The number of anilines is 5. The number of hydrogen-bond acceptors (Lipinski definition) is 31. The van der Waals surface area contributed by atoms with Crippen LogP contribution in [0.1, 0.15) is 99.1 Å². The van der Waals surface area contributed by atoms with Crippen LogP contribution in [0.15, 0.2) is 146 Å². The van der Waals surface area contributed by atoms with Gasteiger partial charge in [0.25, 0.3) is 23.6 Å². The first kappa shape index (κ1) is 89.2. The molecule has 0 aliphatic carbocycles. The van der Waals surface area contributed by atoms with E-state index in [4.69, 9.17) is 63.1 Å². The van der Waals surface area contributed by atoms with E-state index in [0.29, 0.717) is 72.4 Å². The zero-order chi connectivity index (χ0) is 88.5. The number of thioether (sulfide) groups is 1. The van der Waals surface area contributed by atoms with E-state index in [1.165, 1.54) is 30.3 Å². The lowest BCUT2D eigenvalue weighted by atomic mass is 10.0. The zero-order valence-electron chi connectivity index (χ0n) is 64.4. The Morgan fingerprint density at radius 1 is 0.472 bits per heavy atom. The first-order valence-corrected chi connectivity index (χ1v) is 38.4. The Morgan fingerprint density at radius 2 is 0.829 bits per heavy atom. The minimum Gasteiger partial charge on any atom is -0.492 e. The smallest absolute Gasteiger partial charge is 0.351 e. The molecule has 38 nitrogen and oxygen atoms in total. The number of nitrogens with zero attached hydrogens (tertiary/aromatic N) is 8. The maximum absolute atomic E-state index is 14.3. The molecule has 12 heterocycles. The number of amides is 4. The van der Waals surface area contributed by atoms with Crippen LogP contribution >= 0.6 is 11.8 Å². The van der Waals surface area contributed by atoms with E-state index in [2.05, 4.69) is 46.5 Å². The number of fused-ring (bicyclic) bond motifs is 4. The van der Waals surface area contributed by atoms with Gasteiger partial charge < -0.3 is 110 Å². The number of hydrogen-bond donors (Lipinski definition) is 13. The second kappa shape index (κ2) is 36.1. The molecule has 13 N–H and O–H groups in total. The summed E-state index contributed by atoms with van der Waals surface area (Å²) in [7, 11) is 0. The van der Waals surface area contributed by atoms with E-state index in [1.807, 2.05) is 20.8 Å². The van der Waals surface area contributed by atoms with Crippen LogP contribution < -0.4 is 73.0 Å². The van der Waals surface area contributed by atoms with Gasteiger partial charge in [-0.1, -0.05) is 0 Å². The number of halogens is 8. The van der Waals surface area contributed by atoms with Gasteiger partial charge in [0.05, 0.1) is 33.0 Å². The van der Waals surface area contributed by atoms with Crippen LogP contribution in [0.4, 0.5) is 64.1 Å². The Hall–Kier alpha value is -11.6. The van der Waals surface area contributed by atoms with Gasteiger partial charge in [-0.2, -0.15) is 55.1 Å². The molecule has 5 unspecified atom stereocenters. The van der Waals surface area contributed by atoms with Crippen molar-refractivity contribution in [3.8, 4) is 28.7 Å². The number of nitrogens with one attached hydrogen (secondary N) is 5. The van der Waals surface area contributed by atoms with E-state index in [9.17, 15) is 93.9 Å². The minimum atomic E-state index is -3.83. The van der Waals surface area contributed by atoms with Gasteiger partial charge in [0.2, 0.25) is 24.9 Å². The summed E-state index contributed by atoms with van der Waals surface area (Å²) < 4.78 is 164. The Kier molecular flexibility index (Phi) is 26.1. The summed E-state index contributed by atoms with van der Waals surface area (Å²) in [5, 5.41) is 87.6. The van der Waals surface area contributed by atoms with Crippen LogP contribution in [0.5, 0.6) is 28.7 Å². The quantitative estimate of drug-likeness (QED) is 0.0618. The van der Waals surface area contributed by atoms with Gasteiger partial charge in [-0.3, -0.25) is 37.4 Å². The molecule has 8 aromatic rings. The maximum atomic E-state index is 14.3. The molecule has 8 aliphatic rings. The Labute approximate surface area is 690 Å². The molecule has 16 rings (SSSR count). The minimum absolute atomic E-state index is 0.113. The second-order valence-corrected chi connectivity index (χ2v) is 30.3. The number of ether oxygens (including phenoxy) is 9. The molecule has 4 amide bonds. The molecule has 47 heteroatoms. The third kappa shape index (κ3) is 18.8. The topological polar surface area (TPSA) is 513 Å². The number of alkyl halides is 8. The monoisotopic (exact) mass is 1760 g/mol. The van der Waals surface area contributed by atoms with Gasteiger partial charge in [0.1, 0.15) is 78.4 Å². The van der Waals surface area contributed by atoms with Crippen LogP contribution in [0, 0.1) is 0 Å². The number of carbonyl (C=O) groups excluding carboxylic acids is 4. The molecule has 13 atom stereocenters. The van der Waals surface area contributed by atoms with Crippen molar-refractivity contribution in [2.24, 2.45) is 0 Å². The summed E-state index contributed by atoms with van der Waals surface area (Å²) in [6.07, 6.45) is -18.3. The van der Waals surface area contributed by atoms with Crippen molar-refractivity contribution in [2.75, 3.05) is 85.1 Å². The summed E-state index contributed by atoms with van der Waals surface area (Å²) in [4.78, 5) is 114. The van der Waals surface area contributed by atoms with Crippen LogP contribution in [0.2, 0.25) is 0 Å². The Balaban J connectivity index is 0.000000141. The van der Waals surface area contributed by atoms with Gasteiger partial charge >= 0.3 is 46.4 Å². The predicted molar refractivity (Wildman–Crippen MR) is 408 cm³/mol. The van der Waals surface area contributed by atoms with Gasteiger partial charge in [-0.15, -0.1) is 11.8 Å². The number of aliphatic hydroxyl groups is 8. The maximum Gasteiger partial charge on any atom is 0.351 e. The fourth-order valence-electron chi connectivity index (χ4n) is 13.4. The summed E-state index contributed by atoms with van der Waals surface area (Å²) >= 11 is 1.61. The molecule has 658 valence electrons. The average molecular weight is 1760 g/mol. The van der Waals surface area contributed by atoms with Crippen molar-refractivity contribution >= 4 is 64.3 Å². The zero-order valence-corrected chi connectivity index (χ0v) is 65.2. The van der Waals surface area contributed by atoms with Crippen molar-refractivity contribution in [1.82, 2.24) is 38.2 Å². The van der Waals surface area contributed by atoms with Gasteiger partial charge in [0, 0.05) is 69.9 Å². The third-order valence-corrected chi connectivity index (χ3v) is 20.8. The summed E-state index contributed by atoms with van der Waals surface area (Å²) in [5.74, 6) is -15.0. The third-order valence-electron chi connectivity index (χ3n) is 19.8. The van der Waals surface area contributed by atoms with Crippen LogP contribution in [-0.2, 0) is 25.4 Å². The lowest BCUT2D eigenvalue weighted by molar-refractivity contribution is -0.141. The van der Waals surface area contributed by atoms with Crippen molar-refractivity contribution < 1.29 is 138 Å². The molecule has 0 saturated carbocycles. The molecule has 8 aliphatic heterocycles. The fraction of sp³-hybridized carbons (Fsp3) is 0.421. The molecule has 0 radical (unpaired) electrons. The fourth-order valence-corrected chi connectivity index (χ4v) is 14.2. The summed E-state index contributed by atoms with van der Waals surface area (Å²) in [6.45, 7) is 4.25. The molecule has 4 aromatic heterocycles. The van der Waals surface area contributed by atoms with E-state index in [1.54, 1.807) is 60.3 Å². The molecule has 0 spiro atoms.